The monoisotopic (exact) mass is 559 g/mol. The summed E-state index contributed by atoms with van der Waals surface area (Å²) in [4.78, 5) is 48.7. The lowest BCUT2D eigenvalue weighted by molar-refractivity contribution is -0.192. The maximum Gasteiger partial charge on any atom is 0.490 e. The van der Waals surface area contributed by atoms with Crippen molar-refractivity contribution in [1.29, 1.82) is 0 Å². The maximum atomic E-state index is 12.4. The van der Waals surface area contributed by atoms with Crippen molar-refractivity contribution < 1.29 is 42.1 Å². The van der Waals surface area contributed by atoms with Crippen LogP contribution in [0.5, 0.6) is 0 Å². The van der Waals surface area contributed by atoms with Crippen LogP contribution in [0.25, 0.3) is 0 Å². The molecule has 1 aromatic rings. The van der Waals surface area contributed by atoms with Crippen LogP contribution in [0.1, 0.15) is 12.2 Å². The number of halogens is 3. The summed E-state index contributed by atoms with van der Waals surface area (Å²) in [7, 11) is 0. The van der Waals surface area contributed by atoms with Gasteiger partial charge in [0.1, 0.15) is 29.6 Å². The number of fused-ring (bicyclic) bond motifs is 1. The lowest BCUT2D eigenvalue weighted by Crippen LogP contribution is -2.68. The van der Waals surface area contributed by atoms with Gasteiger partial charge in [-0.2, -0.15) is 13.2 Å². The normalized spacial score (nSPS) is 25.9. The van der Waals surface area contributed by atoms with Gasteiger partial charge in [-0.1, -0.05) is 0 Å². The molecule has 2 atom stereocenters. The van der Waals surface area contributed by atoms with Crippen LogP contribution in [-0.2, 0) is 23.9 Å². The number of aromatic nitrogens is 2. The molecule has 216 valence electrons. The zero-order valence-corrected chi connectivity index (χ0v) is 21.5. The minimum absolute atomic E-state index is 0.00964. The summed E-state index contributed by atoms with van der Waals surface area (Å²) < 4.78 is 43.0. The zero-order chi connectivity index (χ0) is 28.2. The minimum Gasteiger partial charge on any atom is -0.475 e. The number of rotatable bonds is 5. The molecule has 0 aromatic carbocycles. The average Bonchev–Trinajstić information content (AvgIpc) is 3.38. The van der Waals surface area contributed by atoms with Crippen LogP contribution in [0.3, 0.4) is 0 Å². The molecule has 4 fully saturated rings. The van der Waals surface area contributed by atoms with Gasteiger partial charge in [-0.3, -0.25) is 14.5 Å². The standard InChI is InChI=1S/C21H31N7O4.C2HF3O2/c1-15-24-17(23-12-21-13-31-7-6-28(21)20(30)11-32-14-21)8-18(25-15)27-4-2-16(9-27)26-5-3-22-19(29)10-26;3-2(4,5)1(6)7/h8,16H,2-7,9-14H2,1H3,(H,22,29)(H,23,24,25);(H,6,7). The van der Waals surface area contributed by atoms with Gasteiger partial charge in [0.25, 0.3) is 0 Å². The van der Waals surface area contributed by atoms with Gasteiger partial charge >= 0.3 is 12.1 Å². The number of carboxylic acid groups (broad SMARTS) is 1. The van der Waals surface area contributed by atoms with Gasteiger partial charge in [-0.25, -0.2) is 14.8 Å². The first-order valence-corrected chi connectivity index (χ1v) is 12.6. The third-order valence-electron chi connectivity index (χ3n) is 7.04. The predicted octanol–water partition coefficient (Wildman–Crippen LogP) is -0.531. The Kier molecular flexibility index (Phi) is 8.76. The van der Waals surface area contributed by atoms with Crippen LogP contribution in [-0.4, -0.2) is 133 Å². The fourth-order valence-corrected chi connectivity index (χ4v) is 5.12. The molecule has 0 aliphatic carbocycles. The fraction of sp³-hybridized carbons (Fsp3) is 0.696. The van der Waals surface area contributed by atoms with Crippen molar-refractivity contribution in [2.24, 2.45) is 0 Å². The number of aryl methyl sites for hydroxylation is 1. The van der Waals surface area contributed by atoms with E-state index < -0.39 is 17.7 Å². The predicted molar refractivity (Wildman–Crippen MR) is 130 cm³/mol. The highest BCUT2D eigenvalue weighted by molar-refractivity contribution is 5.79. The van der Waals surface area contributed by atoms with Gasteiger partial charge in [0.15, 0.2) is 0 Å². The Bertz CT molecular complexity index is 1070. The number of hydrogen-bond acceptors (Lipinski definition) is 10. The number of aliphatic carboxylic acids is 1. The lowest BCUT2D eigenvalue weighted by atomic mass is 9.96. The Hall–Kier alpha value is -3.24. The molecule has 39 heavy (non-hydrogen) atoms. The van der Waals surface area contributed by atoms with E-state index in [1.165, 1.54) is 0 Å². The molecule has 0 radical (unpaired) electrons. The van der Waals surface area contributed by atoms with Crippen LogP contribution in [0.4, 0.5) is 24.8 Å². The number of piperazine rings is 1. The van der Waals surface area contributed by atoms with E-state index in [4.69, 9.17) is 19.4 Å². The van der Waals surface area contributed by atoms with E-state index in [-0.39, 0.29) is 18.4 Å². The number of carbonyl (C=O) groups is 3. The van der Waals surface area contributed by atoms with Gasteiger partial charge in [-0.05, 0) is 13.3 Å². The van der Waals surface area contributed by atoms with Crippen LogP contribution >= 0.6 is 0 Å². The van der Waals surface area contributed by atoms with Crippen molar-refractivity contribution in [3.05, 3.63) is 11.9 Å². The molecule has 0 spiro atoms. The largest absolute Gasteiger partial charge is 0.490 e. The van der Waals surface area contributed by atoms with Gasteiger partial charge in [0.2, 0.25) is 11.8 Å². The van der Waals surface area contributed by atoms with E-state index in [0.29, 0.717) is 57.9 Å². The molecule has 5 rings (SSSR count). The third-order valence-corrected chi connectivity index (χ3v) is 7.04. The number of alkyl halides is 3. The average molecular weight is 560 g/mol. The second kappa shape index (κ2) is 11.9. The molecular formula is C23H32F3N7O6. The number of amides is 2. The minimum atomic E-state index is -5.08. The number of nitrogens with zero attached hydrogens (tertiary/aromatic N) is 5. The van der Waals surface area contributed by atoms with Crippen LogP contribution < -0.4 is 15.5 Å². The number of carboxylic acids is 1. The summed E-state index contributed by atoms with van der Waals surface area (Å²) in [6.45, 7) is 8.36. The highest BCUT2D eigenvalue weighted by Gasteiger charge is 2.45. The summed E-state index contributed by atoms with van der Waals surface area (Å²) in [5.74, 6) is -0.344. The van der Waals surface area contributed by atoms with Gasteiger partial charge in [-0.15, -0.1) is 0 Å². The Balaban J connectivity index is 0.000000448. The molecule has 4 aliphatic heterocycles. The second-order valence-electron chi connectivity index (χ2n) is 9.84. The zero-order valence-electron chi connectivity index (χ0n) is 21.5. The molecule has 4 aliphatic rings. The molecule has 1 aromatic heterocycles. The highest BCUT2D eigenvalue weighted by atomic mass is 19.4. The third kappa shape index (κ3) is 7.05. The molecule has 4 saturated heterocycles. The summed E-state index contributed by atoms with van der Waals surface area (Å²) in [6, 6.07) is 2.32. The molecule has 13 nitrogen and oxygen atoms in total. The maximum absolute atomic E-state index is 12.4. The van der Waals surface area contributed by atoms with Gasteiger partial charge < -0.3 is 35.0 Å². The fourth-order valence-electron chi connectivity index (χ4n) is 5.12. The Morgan fingerprint density at radius 3 is 2.69 bits per heavy atom. The number of hydrogen-bond donors (Lipinski definition) is 3. The lowest BCUT2D eigenvalue weighted by Gasteiger charge is -2.49. The van der Waals surface area contributed by atoms with E-state index in [0.717, 1.165) is 37.7 Å². The Labute approximate surface area is 222 Å². The number of carbonyl (C=O) groups excluding carboxylic acids is 2. The number of morpholine rings is 2. The number of nitrogens with one attached hydrogen (secondary N) is 2. The van der Waals surface area contributed by atoms with Gasteiger partial charge in [0.05, 0.1) is 26.4 Å². The first-order chi connectivity index (χ1) is 18.5. The van der Waals surface area contributed by atoms with Crippen molar-refractivity contribution in [2.75, 3.05) is 82.5 Å². The topological polar surface area (TPSA) is 149 Å². The van der Waals surface area contributed by atoms with Crippen LogP contribution in [0.15, 0.2) is 6.07 Å². The van der Waals surface area contributed by atoms with Crippen molar-refractivity contribution in [3.63, 3.8) is 0 Å². The molecule has 0 saturated carbocycles. The molecular weight excluding hydrogens is 527 g/mol. The molecule has 0 bridgehead atoms. The van der Waals surface area contributed by atoms with E-state index in [1.54, 1.807) is 0 Å². The smallest absolute Gasteiger partial charge is 0.475 e. The van der Waals surface area contributed by atoms with Crippen LogP contribution in [0.2, 0.25) is 0 Å². The Morgan fingerprint density at radius 1 is 1.23 bits per heavy atom. The summed E-state index contributed by atoms with van der Waals surface area (Å²) in [6.07, 6.45) is -4.08. The number of ether oxygens (including phenoxy) is 2. The van der Waals surface area contributed by atoms with E-state index >= 15 is 0 Å². The van der Waals surface area contributed by atoms with Crippen LogP contribution in [0, 0.1) is 6.92 Å². The molecule has 16 heteroatoms. The van der Waals surface area contributed by atoms with Crippen molar-refractivity contribution in [1.82, 2.24) is 25.1 Å². The quantitative estimate of drug-likeness (QED) is 0.427. The first kappa shape index (κ1) is 28.8. The van der Waals surface area contributed by atoms with E-state index in [9.17, 15) is 22.8 Å². The molecule has 3 N–H and O–H groups in total. The van der Waals surface area contributed by atoms with E-state index in [1.807, 2.05) is 17.9 Å². The SMILES string of the molecule is Cc1nc(NCC23COCCN2C(=O)COC3)cc(N2CCC(N3CCNC(=O)C3)C2)n1.O=C(O)C(F)(F)F. The summed E-state index contributed by atoms with van der Waals surface area (Å²) in [5, 5.41) is 13.4. The summed E-state index contributed by atoms with van der Waals surface area (Å²) in [5.41, 5.74) is -0.514. The summed E-state index contributed by atoms with van der Waals surface area (Å²) >= 11 is 0. The number of anilines is 2. The molecule has 5 heterocycles. The van der Waals surface area contributed by atoms with Crippen molar-refractivity contribution in [3.8, 4) is 0 Å². The molecule has 2 unspecified atom stereocenters. The first-order valence-electron chi connectivity index (χ1n) is 12.6. The van der Waals surface area contributed by atoms with Gasteiger partial charge in [0, 0.05) is 51.4 Å². The highest BCUT2D eigenvalue weighted by Crippen LogP contribution is 2.27. The second-order valence-corrected chi connectivity index (χ2v) is 9.84. The van der Waals surface area contributed by atoms with Crippen molar-refractivity contribution >= 4 is 29.4 Å². The van der Waals surface area contributed by atoms with Crippen molar-refractivity contribution in [2.45, 2.75) is 31.1 Å². The molecule has 2 amide bonds. The van der Waals surface area contributed by atoms with E-state index in [2.05, 4.69) is 30.4 Å². The Morgan fingerprint density at radius 2 is 1.97 bits per heavy atom.